The Hall–Kier alpha value is -2.41. The first-order valence-electron chi connectivity index (χ1n) is 13.2. The van der Waals surface area contributed by atoms with Gasteiger partial charge in [0.1, 0.15) is 29.8 Å². The number of ether oxygens (including phenoxy) is 1. The number of aromatic nitrogens is 4. The molecule has 4 aromatic rings. The first-order chi connectivity index (χ1) is 20.0. The molecule has 0 saturated carbocycles. The molecule has 0 aliphatic rings. The predicted octanol–water partition coefficient (Wildman–Crippen LogP) is 7.70. The number of halogens is 2. The van der Waals surface area contributed by atoms with Crippen molar-refractivity contribution < 1.29 is 23.4 Å². The summed E-state index contributed by atoms with van der Waals surface area (Å²) in [5.41, 5.74) is 1.81. The Morgan fingerprint density at radius 3 is 2.79 bits per heavy atom. The van der Waals surface area contributed by atoms with Crippen LogP contribution in [0, 0.1) is 9.77 Å². The van der Waals surface area contributed by atoms with Gasteiger partial charge in [-0.15, -0.1) is 0 Å². The maximum atomic E-state index is 13.7. The third-order valence-electron chi connectivity index (χ3n) is 6.21. The van der Waals surface area contributed by atoms with Crippen LogP contribution in [0.25, 0.3) is 10.9 Å². The average molecular weight is 670 g/mol. The van der Waals surface area contributed by atoms with Crippen molar-refractivity contribution in [2.75, 3.05) is 30.5 Å². The highest BCUT2D eigenvalue weighted by molar-refractivity contribution is 8.01. The van der Waals surface area contributed by atoms with Crippen LogP contribution in [0.4, 0.5) is 15.9 Å². The number of benzene rings is 2. The molecule has 9 nitrogen and oxygen atoms in total. The van der Waals surface area contributed by atoms with E-state index in [2.05, 4.69) is 20.4 Å². The second kappa shape index (κ2) is 14.4. The molecule has 2 atom stereocenters. The van der Waals surface area contributed by atoms with Gasteiger partial charge >= 0.3 is 0 Å². The quantitative estimate of drug-likeness (QED) is 0.0598. The van der Waals surface area contributed by atoms with Gasteiger partial charge in [-0.2, -0.15) is 5.10 Å². The van der Waals surface area contributed by atoms with Crippen molar-refractivity contribution in [3.63, 3.8) is 0 Å². The number of thioether (sulfide) groups is 1. The lowest BCUT2D eigenvalue weighted by molar-refractivity contribution is -0.122. The Balaban J connectivity index is 1.59. The number of nitrogens with one attached hydrogen (secondary N) is 1. The van der Waals surface area contributed by atoms with Gasteiger partial charge in [0.15, 0.2) is 21.4 Å². The van der Waals surface area contributed by atoms with Crippen LogP contribution in [0.15, 0.2) is 41.0 Å². The summed E-state index contributed by atoms with van der Waals surface area (Å²) < 4.78 is 33.9. The zero-order valence-corrected chi connectivity index (χ0v) is 27.3. The highest BCUT2D eigenvalue weighted by atomic mass is 35.5. The van der Waals surface area contributed by atoms with Crippen LogP contribution in [-0.4, -0.2) is 55.6 Å². The van der Waals surface area contributed by atoms with Crippen molar-refractivity contribution in [3.8, 4) is 5.75 Å². The van der Waals surface area contributed by atoms with Crippen LogP contribution in [0.2, 0.25) is 5.02 Å². The minimum Gasteiger partial charge on any atom is -0.494 e. The lowest BCUT2D eigenvalue weighted by Gasteiger charge is -2.17. The predicted molar refractivity (Wildman–Crippen MR) is 170 cm³/mol. The number of fused-ring (bicyclic) bond motifs is 1. The molecule has 42 heavy (non-hydrogen) atoms. The van der Waals surface area contributed by atoms with Crippen LogP contribution < -0.4 is 10.1 Å². The summed E-state index contributed by atoms with van der Waals surface area (Å²) in [6.07, 6.45) is 2.78. The van der Waals surface area contributed by atoms with Crippen molar-refractivity contribution in [3.05, 3.63) is 57.0 Å². The number of carbonyl (C=O) groups excluding carboxylic acids is 1. The van der Waals surface area contributed by atoms with Gasteiger partial charge in [0.2, 0.25) is 0 Å². The standard InChI is InChI=1S/C27H30ClFN5O4PS3/c1-4-22(34-27(40)42-26(33-34)41-10-6-9-39(3,36)37)23(35)12-16-11-18-21(14-24(16)38-5-2)30-15-31-25(18)32-17-7-8-20(29)19(28)13-17/h7-8,11,13-15,22H,4-6,9-10,12H2,1-3H3,(H,36,37)(H,30,31,32). The van der Waals surface area contributed by atoms with Gasteiger partial charge in [0, 0.05) is 47.7 Å². The minimum atomic E-state index is -3.05. The molecule has 4 rings (SSSR count). The van der Waals surface area contributed by atoms with E-state index in [0.29, 0.717) is 67.2 Å². The number of anilines is 2. The summed E-state index contributed by atoms with van der Waals surface area (Å²) in [6, 6.07) is 7.31. The number of rotatable bonds is 14. The SMILES string of the molecule is CCOc1cc2ncnc(Nc3ccc(F)c(Cl)c3)c2cc1CC(=O)C(CC)n1nc(SCCCP(C)(=O)O)sc1=S. The molecular formula is C27H30ClFN5O4PS3. The maximum absolute atomic E-state index is 13.7. The molecule has 0 saturated heterocycles. The summed E-state index contributed by atoms with van der Waals surface area (Å²) in [5, 5.41) is 8.40. The Bertz CT molecular complexity index is 1700. The third-order valence-corrected chi connectivity index (χ3v) is 10.1. The van der Waals surface area contributed by atoms with E-state index >= 15 is 0 Å². The number of nitrogens with zero attached hydrogens (tertiary/aromatic N) is 4. The molecule has 2 heterocycles. The van der Waals surface area contributed by atoms with E-state index in [1.165, 1.54) is 48.2 Å². The molecule has 2 aromatic heterocycles. The fraction of sp³-hybridized carbons (Fsp3) is 0.370. The van der Waals surface area contributed by atoms with E-state index in [4.69, 9.17) is 28.6 Å². The lowest BCUT2D eigenvalue weighted by atomic mass is 9.99. The molecule has 0 fully saturated rings. The highest BCUT2D eigenvalue weighted by Crippen LogP contribution is 2.37. The van der Waals surface area contributed by atoms with Crippen molar-refractivity contribution >= 4 is 82.5 Å². The van der Waals surface area contributed by atoms with Crippen molar-refractivity contribution in [1.29, 1.82) is 0 Å². The summed E-state index contributed by atoms with van der Waals surface area (Å²) in [5.74, 6) is 1.03. The molecule has 0 bridgehead atoms. The summed E-state index contributed by atoms with van der Waals surface area (Å²) in [6.45, 7) is 5.52. The molecule has 2 aromatic carbocycles. The van der Waals surface area contributed by atoms with Crippen LogP contribution in [0.3, 0.4) is 0 Å². The molecule has 15 heteroatoms. The highest BCUT2D eigenvalue weighted by Gasteiger charge is 2.24. The van der Waals surface area contributed by atoms with E-state index in [0.717, 1.165) is 0 Å². The Labute approximate surface area is 261 Å². The van der Waals surface area contributed by atoms with E-state index < -0.39 is 19.2 Å². The Morgan fingerprint density at radius 2 is 2.10 bits per heavy atom. The Morgan fingerprint density at radius 1 is 1.31 bits per heavy atom. The average Bonchev–Trinajstić information content (AvgIpc) is 3.29. The van der Waals surface area contributed by atoms with Crippen LogP contribution >= 0.6 is 54.3 Å². The number of hydrogen-bond donors (Lipinski definition) is 2. The smallest absolute Gasteiger partial charge is 0.197 e. The van der Waals surface area contributed by atoms with Gasteiger partial charge in [0.05, 0.1) is 17.1 Å². The van der Waals surface area contributed by atoms with Crippen molar-refractivity contribution in [2.24, 2.45) is 0 Å². The topological polar surface area (TPSA) is 119 Å². The second-order valence-electron chi connectivity index (χ2n) is 9.51. The number of hydrogen-bond acceptors (Lipinski definition) is 10. The van der Waals surface area contributed by atoms with E-state index in [1.807, 2.05) is 19.9 Å². The zero-order chi connectivity index (χ0) is 30.4. The fourth-order valence-corrected chi connectivity index (χ4v) is 7.83. The van der Waals surface area contributed by atoms with Gasteiger partial charge in [-0.25, -0.2) is 19.0 Å². The van der Waals surface area contributed by atoms with Crippen LogP contribution in [0.5, 0.6) is 5.75 Å². The molecule has 2 N–H and O–H groups in total. The van der Waals surface area contributed by atoms with Gasteiger partial charge in [0.25, 0.3) is 0 Å². The van der Waals surface area contributed by atoms with Gasteiger partial charge < -0.3 is 14.9 Å². The van der Waals surface area contributed by atoms with Gasteiger partial charge in [-0.05, 0) is 56.2 Å². The monoisotopic (exact) mass is 669 g/mol. The molecule has 0 aliphatic heterocycles. The van der Waals surface area contributed by atoms with Gasteiger partial charge in [-0.1, -0.05) is 41.6 Å². The van der Waals surface area contributed by atoms with E-state index in [9.17, 15) is 18.6 Å². The van der Waals surface area contributed by atoms with Crippen molar-refractivity contribution in [1.82, 2.24) is 19.7 Å². The number of ketones is 1. The molecule has 0 radical (unpaired) electrons. The first kappa shape index (κ1) is 32.5. The minimum absolute atomic E-state index is 0.0203. The van der Waals surface area contributed by atoms with Crippen LogP contribution in [0.1, 0.15) is 38.3 Å². The van der Waals surface area contributed by atoms with E-state index in [-0.39, 0.29) is 23.4 Å². The third kappa shape index (κ3) is 8.36. The normalized spacial score (nSPS) is 13.6. The summed E-state index contributed by atoms with van der Waals surface area (Å²) in [4.78, 5) is 31.9. The van der Waals surface area contributed by atoms with Crippen LogP contribution in [-0.2, 0) is 15.8 Å². The second-order valence-corrected chi connectivity index (χ2v) is 15.4. The molecule has 0 aliphatic carbocycles. The Kier molecular flexibility index (Phi) is 11.1. The largest absolute Gasteiger partial charge is 0.494 e. The number of carbonyl (C=O) groups is 1. The number of Topliss-reactive ketones (excluding diaryl/α,β-unsaturated/α-hetero) is 1. The van der Waals surface area contributed by atoms with E-state index in [1.54, 1.807) is 16.8 Å². The molecule has 2 unspecified atom stereocenters. The molecule has 0 spiro atoms. The van der Waals surface area contributed by atoms with Crippen molar-refractivity contribution in [2.45, 2.75) is 43.5 Å². The maximum Gasteiger partial charge on any atom is 0.197 e. The summed E-state index contributed by atoms with van der Waals surface area (Å²) in [7, 11) is -3.05. The molecular weight excluding hydrogens is 640 g/mol. The summed E-state index contributed by atoms with van der Waals surface area (Å²) >= 11 is 14.3. The first-order valence-corrected chi connectivity index (χ1v) is 18.0. The molecule has 0 amide bonds. The molecule has 224 valence electrons. The van der Waals surface area contributed by atoms with Gasteiger partial charge in [-0.3, -0.25) is 9.36 Å². The fourth-order valence-electron chi connectivity index (χ4n) is 4.25. The zero-order valence-electron chi connectivity index (χ0n) is 23.2. The lowest BCUT2D eigenvalue weighted by Crippen LogP contribution is -2.22.